The van der Waals surface area contributed by atoms with Gasteiger partial charge in [-0.1, -0.05) is 54.8 Å². The maximum absolute atomic E-state index is 3.81. The van der Waals surface area contributed by atoms with Crippen molar-refractivity contribution in [2.45, 2.75) is 45.6 Å². The van der Waals surface area contributed by atoms with Gasteiger partial charge in [0, 0.05) is 16.2 Å². The predicted molar refractivity (Wildman–Crippen MR) is 95.9 cm³/mol. The molecule has 112 valence electrons. The highest BCUT2D eigenvalue weighted by atomic mass is 79.9. The summed E-state index contributed by atoms with van der Waals surface area (Å²) >= 11 is 3.54. The largest absolute Gasteiger partial charge is 0.382 e. The zero-order chi connectivity index (χ0) is 14.8. The molecule has 0 saturated heterocycles. The fourth-order valence-electron chi connectivity index (χ4n) is 3.66. The third kappa shape index (κ3) is 3.42. The molecule has 1 fully saturated rings. The number of hydrogen-bond acceptors (Lipinski definition) is 1. The molecule has 21 heavy (non-hydrogen) atoms. The number of anilines is 1. The molecule has 0 aromatic heterocycles. The van der Waals surface area contributed by atoms with Crippen molar-refractivity contribution >= 4 is 32.4 Å². The molecule has 1 aliphatic carbocycles. The van der Waals surface area contributed by atoms with Gasteiger partial charge in [-0.05, 0) is 59.7 Å². The van der Waals surface area contributed by atoms with Gasteiger partial charge in [0.15, 0.2) is 0 Å². The third-order valence-corrected chi connectivity index (χ3v) is 5.32. The lowest BCUT2D eigenvalue weighted by Crippen LogP contribution is -2.35. The summed E-state index contributed by atoms with van der Waals surface area (Å²) in [4.78, 5) is 0. The summed E-state index contributed by atoms with van der Waals surface area (Å²) in [5.41, 5.74) is 1.27. The fourth-order valence-corrected chi connectivity index (χ4v) is 4.04. The Balaban J connectivity index is 1.81. The topological polar surface area (TPSA) is 12.0 Å². The van der Waals surface area contributed by atoms with Crippen molar-refractivity contribution in [2.24, 2.45) is 11.8 Å². The minimum Gasteiger partial charge on any atom is -0.382 e. The number of fused-ring (bicyclic) bond motifs is 1. The van der Waals surface area contributed by atoms with E-state index in [1.807, 2.05) is 0 Å². The lowest BCUT2D eigenvalue weighted by molar-refractivity contribution is 0.254. The van der Waals surface area contributed by atoms with Gasteiger partial charge in [-0.2, -0.15) is 0 Å². The number of nitrogens with one attached hydrogen (secondary N) is 1. The zero-order valence-corrected chi connectivity index (χ0v) is 14.5. The minimum absolute atomic E-state index is 0.631. The molecule has 1 saturated carbocycles. The molecule has 3 rings (SSSR count). The lowest BCUT2D eigenvalue weighted by Gasteiger charge is -2.35. The maximum atomic E-state index is 3.81. The Morgan fingerprint density at radius 1 is 1.00 bits per heavy atom. The van der Waals surface area contributed by atoms with Crippen LogP contribution >= 0.6 is 15.9 Å². The van der Waals surface area contributed by atoms with Crippen molar-refractivity contribution in [2.75, 3.05) is 5.32 Å². The fraction of sp³-hybridized carbons (Fsp3) is 0.474. The molecule has 1 N–H and O–H groups in total. The molecule has 2 unspecified atom stereocenters. The van der Waals surface area contributed by atoms with Crippen LogP contribution in [0.25, 0.3) is 10.8 Å². The number of hydrogen-bond donors (Lipinski definition) is 1. The molecule has 2 aromatic rings. The van der Waals surface area contributed by atoms with E-state index in [-0.39, 0.29) is 0 Å². The maximum Gasteiger partial charge on any atom is 0.0348 e. The van der Waals surface area contributed by atoms with Gasteiger partial charge in [0.1, 0.15) is 0 Å². The Labute approximate surface area is 136 Å². The highest BCUT2D eigenvalue weighted by Crippen LogP contribution is 2.33. The van der Waals surface area contributed by atoms with Crippen LogP contribution in [0.1, 0.15) is 39.5 Å². The smallest absolute Gasteiger partial charge is 0.0348 e. The van der Waals surface area contributed by atoms with Crippen molar-refractivity contribution in [3.8, 4) is 0 Å². The highest BCUT2D eigenvalue weighted by Gasteiger charge is 2.27. The van der Waals surface area contributed by atoms with E-state index in [1.54, 1.807) is 0 Å². The second kappa shape index (κ2) is 6.39. The summed E-state index contributed by atoms with van der Waals surface area (Å²) in [6.07, 6.45) is 5.44. The van der Waals surface area contributed by atoms with Gasteiger partial charge in [0.25, 0.3) is 0 Å². The van der Waals surface area contributed by atoms with Crippen molar-refractivity contribution in [1.29, 1.82) is 0 Å². The molecule has 0 bridgehead atoms. The van der Waals surface area contributed by atoms with Gasteiger partial charge in [0.2, 0.25) is 0 Å². The molecule has 1 aliphatic rings. The van der Waals surface area contributed by atoms with Gasteiger partial charge in [0.05, 0.1) is 0 Å². The Morgan fingerprint density at radius 3 is 2.52 bits per heavy atom. The molecule has 2 atom stereocenters. The van der Waals surface area contributed by atoms with Crippen LogP contribution in [0.3, 0.4) is 0 Å². The molecule has 2 heteroatoms. The van der Waals surface area contributed by atoms with E-state index in [0.29, 0.717) is 6.04 Å². The molecule has 1 nitrogen and oxygen atoms in total. The van der Waals surface area contributed by atoms with Crippen molar-refractivity contribution < 1.29 is 0 Å². The van der Waals surface area contributed by atoms with Crippen LogP contribution in [0, 0.1) is 11.8 Å². The Morgan fingerprint density at radius 2 is 1.71 bits per heavy atom. The second-order valence-corrected chi connectivity index (χ2v) is 7.57. The van der Waals surface area contributed by atoms with E-state index in [2.05, 4.69) is 71.5 Å². The van der Waals surface area contributed by atoms with Crippen LogP contribution in [0.2, 0.25) is 0 Å². The van der Waals surface area contributed by atoms with Crippen LogP contribution in [0.15, 0.2) is 40.9 Å². The summed E-state index contributed by atoms with van der Waals surface area (Å²) < 4.78 is 1.14. The van der Waals surface area contributed by atoms with E-state index in [1.165, 1.54) is 42.1 Å². The average molecular weight is 346 g/mol. The summed E-state index contributed by atoms with van der Waals surface area (Å²) in [6, 6.07) is 13.8. The first-order valence-corrected chi connectivity index (χ1v) is 8.88. The zero-order valence-electron chi connectivity index (χ0n) is 12.9. The van der Waals surface area contributed by atoms with E-state index in [4.69, 9.17) is 0 Å². The van der Waals surface area contributed by atoms with Gasteiger partial charge in [-0.15, -0.1) is 0 Å². The van der Waals surface area contributed by atoms with Gasteiger partial charge in [-0.3, -0.25) is 0 Å². The highest BCUT2D eigenvalue weighted by molar-refractivity contribution is 9.10. The van der Waals surface area contributed by atoms with Crippen molar-refractivity contribution in [1.82, 2.24) is 0 Å². The first kappa shape index (κ1) is 14.9. The summed E-state index contributed by atoms with van der Waals surface area (Å²) in [5, 5.41) is 6.40. The number of halogens is 1. The monoisotopic (exact) mass is 345 g/mol. The normalized spacial score (nSPS) is 22.7. The molecule has 2 aromatic carbocycles. The average Bonchev–Trinajstić information content (AvgIpc) is 2.48. The summed E-state index contributed by atoms with van der Waals surface area (Å²) in [5.74, 6) is 1.57. The third-order valence-electron chi connectivity index (χ3n) is 4.83. The van der Waals surface area contributed by atoms with Crippen LogP contribution in [0.4, 0.5) is 5.69 Å². The van der Waals surface area contributed by atoms with E-state index in [0.717, 1.165) is 16.3 Å². The predicted octanol–water partition coefficient (Wildman–Crippen LogP) is 6.23. The molecule has 0 amide bonds. The van der Waals surface area contributed by atoms with Gasteiger partial charge >= 0.3 is 0 Å². The van der Waals surface area contributed by atoms with E-state index >= 15 is 0 Å². The Bertz CT molecular complexity index is 620. The van der Waals surface area contributed by atoms with Crippen molar-refractivity contribution in [3.05, 3.63) is 40.9 Å². The van der Waals surface area contributed by atoms with E-state index < -0.39 is 0 Å². The quantitative estimate of drug-likeness (QED) is 0.695. The van der Waals surface area contributed by atoms with Crippen LogP contribution in [-0.4, -0.2) is 6.04 Å². The van der Waals surface area contributed by atoms with Gasteiger partial charge in [-0.25, -0.2) is 0 Å². The second-order valence-electron chi connectivity index (χ2n) is 6.65. The van der Waals surface area contributed by atoms with Gasteiger partial charge < -0.3 is 5.32 Å². The first-order chi connectivity index (χ1) is 10.1. The minimum atomic E-state index is 0.631. The standard InChI is InChI=1S/C19H24BrN/c1-13(2)18-5-3-4-6-19(18)21-17-10-8-14-11-16(20)9-7-15(14)12-17/h7-13,18-19,21H,3-6H2,1-2H3. The molecular weight excluding hydrogens is 322 g/mol. The Kier molecular flexibility index (Phi) is 4.54. The first-order valence-electron chi connectivity index (χ1n) is 8.09. The van der Waals surface area contributed by atoms with Crippen LogP contribution < -0.4 is 5.32 Å². The molecule has 0 heterocycles. The molecule has 0 spiro atoms. The number of rotatable bonds is 3. The summed E-state index contributed by atoms with van der Waals surface area (Å²) in [7, 11) is 0. The molecule has 0 radical (unpaired) electrons. The molecule has 0 aliphatic heterocycles. The van der Waals surface area contributed by atoms with E-state index in [9.17, 15) is 0 Å². The summed E-state index contributed by atoms with van der Waals surface area (Å²) in [6.45, 7) is 4.73. The SMILES string of the molecule is CC(C)C1CCCCC1Nc1ccc2cc(Br)ccc2c1. The number of benzene rings is 2. The Hall–Kier alpha value is -1.02. The van der Waals surface area contributed by atoms with Crippen LogP contribution in [-0.2, 0) is 0 Å². The molecular formula is C19H24BrN. The van der Waals surface area contributed by atoms with Crippen LogP contribution in [0.5, 0.6) is 0 Å². The van der Waals surface area contributed by atoms with Crippen molar-refractivity contribution in [3.63, 3.8) is 0 Å². The lowest BCUT2D eigenvalue weighted by atomic mass is 9.78.